The molecule has 0 aliphatic carbocycles. The highest BCUT2D eigenvalue weighted by Gasteiger charge is 2.15. The number of nitrogens with two attached hydrogens (primary N) is 1. The Balaban J connectivity index is 1.76. The number of hydrogen-bond donors (Lipinski definition) is 2. The number of hydrogen-bond acceptors (Lipinski definition) is 6. The highest BCUT2D eigenvalue weighted by Crippen LogP contribution is 2.16. The van der Waals surface area contributed by atoms with E-state index in [4.69, 9.17) is 5.73 Å². The van der Waals surface area contributed by atoms with Gasteiger partial charge in [-0.25, -0.2) is 15.0 Å². The van der Waals surface area contributed by atoms with Crippen molar-refractivity contribution in [3.8, 4) is 11.4 Å². The number of nitrogens with one attached hydrogen (secondary N) is 1. The molecule has 0 aliphatic heterocycles. The third kappa shape index (κ3) is 3.92. The lowest BCUT2D eigenvalue weighted by molar-refractivity contribution is 0.0956. The first kappa shape index (κ1) is 17.7. The van der Waals surface area contributed by atoms with Crippen molar-refractivity contribution in [2.45, 2.75) is 13.3 Å². The number of benzene rings is 1. The second-order valence-corrected chi connectivity index (χ2v) is 6.41. The van der Waals surface area contributed by atoms with Gasteiger partial charge in [-0.1, -0.05) is 30.3 Å². The van der Waals surface area contributed by atoms with Gasteiger partial charge < -0.3 is 11.1 Å². The van der Waals surface area contributed by atoms with Gasteiger partial charge in [-0.15, -0.1) is 11.3 Å². The SMILES string of the molecule is Cc1ncsc1C(=O)NCCc1nc(-c2ccccc2)ncc1C(N)=O. The predicted octanol–water partition coefficient (Wildman–Crippen LogP) is 1.98. The molecule has 1 aromatic carbocycles. The van der Waals surface area contributed by atoms with E-state index in [-0.39, 0.29) is 11.5 Å². The highest BCUT2D eigenvalue weighted by molar-refractivity contribution is 7.11. The summed E-state index contributed by atoms with van der Waals surface area (Å²) >= 11 is 1.29. The lowest BCUT2D eigenvalue weighted by Crippen LogP contribution is -2.27. The molecule has 0 saturated heterocycles. The molecular formula is C18H17N5O2S. The maximum Gasteiger partial charge on any atom is 0.263 e. The van der Waals surface area contributed by atoms with Crippen molar-refractivity contribution in [1.29, 1.82) is 0 Å². The minimum Gasteiger partial charge on any atom is -0.365 e. The van der Waals surface area contributed by atoms with Crippen molar-refractivity contribution < 1.29 is 9.59 Å². The summed E-state index contributed by atoms with van der Waals surface area (Å²) in [7, 11) is 0. The molecule has 132 valence electrons. The van der Waals surface area contributed by atoms with E-state index in [0.717, 1.165) is 5.56 Å². The van der Waals surface area contributed by atoms with E-state index in [1.54, 1.807) is 12.4 Å². The molecule has 0 saturated carbocycles. The number of primary amides is 1. The van der Waals surface area contributed by atoms with Gasteiger partial charge in [-0.3, -0.25) is 9.59 Å². The topological polar surface area (TPSA) is 111 Å². The smallest absolute Gasteiger partial charge is 0.263 e. The normalized spacial score (nSPS) is 10.5. The van der Waals surface area contributed by atoms with Crippen LogP contribution in [0.25, 0.3) is 11.4 Å². The van der Waals surface area contributed by atoms with Gasteiger partial charge in [0.05, 0.1) is 22.5 Å². The molecule has 0 spiro atoms. The maximum atomic E-state index is 12.2. The average molecular weight is 367 g/mol. The van der Waals surface area contributed by atoms with Crippen LogP contribution in [0.2, 0.25) is 0 Å². The lowest BCUT2D eigenvalue weighted by Gasteiger charge is -2.09. The molecule has 3 aromatic rings. The lowest BCUT2D eigenvalue weighted by atomic mass is 10.1. The molecule has 3 N–H and O–H groups in total. The molecule has 8 heteroatoms. The molecule has 0 bridgehead atoms. The van der Waals surface area contributed by atoms with Crippen molar-refractivity contribution in [2.75, 3.05) is 6.54 Å². The van der Waals surface area contributed by atoms with E-state index in [9.17, 15) is 9.59 Å². The Kier molecular flexibility index (Phi) is 5.33. The second-order valence-electron chi connectivity index (χ2n) is 5.56. The standard InChI is InChI=1S/C18H17N5O2S/c1-11-15(26-10-22-11)18(25)20-8-7-14-13(16(19)24)9-21-17(23-14)12-5-3-2-4-6-12/h2-6,9-10H,7-8H2,1H3,(H2,19,24)(H,20,25). The minimum absolute atomic E-state index is 0.192. The van der Waals surface area contributed by atoms with Gasteiger partial charge >= 0.3 is 0 Å². The average Bonchev–Trinajstić information content (AvgIpc) is 3.08. The molecule has 2 amide bonds. The summed E-state index contributed by atoms with van der Waals surface area (Å²) in [4.78, 5) is 37.1. The van der Waals surface area contributed by atoms with E-state index in [1.807, 2.05) is 30.3 Å². The van der Waals surface area contributed by atoms with Crippen molar-refractivity contribution in [3.63, 3.8) is 0 Å². The van der Waals surface area contributed by atoms with Crippen LogP contribution < -0.4 is 11.1 Å². The van der Waals surface area contributed by atoms with Crippen LogP contribution in [0.4, 0.5) is 0 Å². The summed E-state index contributed by atoms with van der Waals surface area (Å²) in [6.45, 7) is 2.11. The first-order valence-electron chi connectivity index (χ1n) is 7.95. The zero-order valence-electron chi connectivity index (χ0n) is 14.1. The summed E-state index contributed by atoms with van der Waals surface area (Å²) in [5.41, 5.74) is 9.35. The van der Waals surface area contributed by atoms with E-state index in [2.05, 4.69) is 20.3 Å². The molecule has 3 rings (SSSR count). The monoisotopic (exact) mass is 367 g/mol. The molecule has 0 unspecified atom stereocenters. The predicted molar refractivity (Wildman–Crippen MR) is 98.9 cm³/mol. The summed E-state index contributed by atoms with van der Waals surface area (Å²) in [6.07, 6.45) is 1.80. The van der Waals surface area contributed by atoms with E-state index < -0.39 is 5.91 Å². The van der Waals surface area contributed by atoms with Crippen LogP contribution in [0.5, 0.6) is 0 Å². The molecule has 2 aromatic heterocycles. The molecule has 26 heavy (non-hydrogen) atoms. The number of aryl methyl sites for hydroxylation is 1. The van der Waals surface area contributed by atoms with Crippen LogP contribution in [0.3, 0.4) is 0 Å². The molecular weight excluding hydrogens is 350 g/mol. The van der Waals surface area contributed by atoms with Crippen LogP contribution in [-0.2, 0) is 6.42 Å². The van der Waals surface area contributed by atoms with Crippen molar-refractivity contribution >= 4 is 23.2 Å². The minimum atomic E-state index is -0.593. The fraction of sp³-hybridized carbons (Fsp3) is 0.167. The fourth-order valence-corrected chi connectivity index (χ4v) is 3.15. The number of nitrogens with zero attached hydrogens (tertiary/aromatic N) is 3. The number of carbonyl (C=O) groups excluding carboxylic acids is 2. The van der Waals surface area contributed by atoms with Gasteiger partial charge in [0.1, 0.15) is 4.88 Å². The Morgan fingerprint density at radius 3 is 2.62 bits per heavy atom. The third-order valence-electron chi connectivity index (χ3n) is 3.76. The summed E-state index contributed by atoms with van der Waals surface area (Å²) in [6, 6.07) is 9.45. The van der Waals surface area contributed by atoms with E-state index >= 15 is 0 Å². The van der Waals surface area contributed by atoms with Crippen LogP contribution in [-0.4, -0.2) is 33.3 Å². The van der Waals surface area contributed by atoms with Crippen molar-refractivity contribution in [3.05, 3.63) is 63.9 Å². The fourth-order valence-electron chi connectivity index (χ4n) is 2.43. The third-order valence-corrected chi connectivity index (χ3v) is 4.69. The maximum absolute atomic E-state index is 12.2. The number of amides is 2. The quantitative estimate of drug-likeness (QED) is 0.692. The van der Waals surface area contributed by atoms with Crippen molar-refractivity contribution in [1.82, 2.24) is 20.3 Å². The number of aromatic nitrogens is 3. The molecule has 0 fully saturated rings. The van der Waals surface area contributed by atoms with Crippen molar-refractivity contribution in [2.24, 2.45) is 5.73 Å². The van der Waals surface area contributed by atoms with Gasteiger partial charge in [0, 0.05) is 24.7 Å². The Labute approximate surface area is 154 Å². The van der Waals surface area contributed by atoms with Gasteiger partial charge in [0.15, 0.2) is 5.82 Å². The largest absolute Gasteiger partial charge is 0.365 e. The molecule has 0 atom stereocenters. The molecule has 0 aliphatic rings. The van der Waals surface area contributed by atoms with Crippen LogP contribution in [0.1, 0.15) is 31.4 Å². The first-order chi connectivity index (χ1) is 12.6. The number of thiazole rings is 1. The molecule has 7 nitrogen and oxygen atoms in total. The first-order valence-corrected chi connectivity index (χ1v) is 8.83. The molecule has 0 radical (unpaired) electrons. The van der Waals surface area contributed by atoms with Crippen LogP contribution >= 0.6 is 11.3 Å². The Bertz CT molecular complexity index is 940. The summed E-state index contributed by atoms with van der Waals surface area (Å²) in [5.74, 6) is -0.276. The summed E-state index contributed by atoms with van der Waals surface area (Å²) in [5, 5.41) is 2.82. The summed E-state index contributed by atoms with van der Waals surface area (Å²) < 4.78 is 0. The number of carbonyl (C=O) groups is 2. The zero-order chi connectivity index (χ0) is 18.5. The van der Waals surface area contributed by atoms with Crippen LogP contribution in [0.15, 0.2) is 42.0 Å². The van der Waals surface area contributed by atoms with Gasteiger partial charge in [0.2, 0.25) is 0 Å². The Morgan fingerprint density at radius 2 is 1.96 bits per heavy atom. The number of rotatable bonds is 6. The molecule has 2 heterocycles. The highest BCUT2D eigenvalue weighted by atomic mass is 32.1. The van der Waals surface area contributed by atoms with Gasteiger partial charge in [-0.05, 0) is 6.92 Å². The zero-order valence-corrected chi connectivity index (χ0v) is 14.9. The van der Waals surface area contributed by atoms with E-state index in [0.29, 0.717) is 35.1 Å². The van der Waals surface area contributed by atoms with Gasteiger partial charge in [-0.2, -0.15) is 0 Å². The Hall–Kier alpha value is -3.13. The van der Waals surface area contributed by atoms with Crippen LogP contribution in [0, 0.1) is 6.92 Å². The van der Waals surface area contributed by atoms with Gasteiger partial charge in [0.25, 0.3) is 11.8 Å². The second kappa shape index (κ2) is 7.83. The Morgan fingerprint density at radius 1 is 1.19 bits per heavy atom. The van der Waals surface area contributed by atoms with E-state index in [1.165, 1.54) is 17.5 Å².